The molecule has 1 aliphatic heterocycles. The smallest absolute Gasteiger partial charge is 0.235 e. The van der Waals surface area contributed by atoms with Crippen molar-refractivity contribution < 1.29 is 9.59 Å². The summed E-state index contributed by atoms with van der Waals surface area (Å²) in [5.74, 6) is -0.828. The maximum atomic E-state index is 13.6. The molecule has 2 N–H and O–H groups in total. The highest BCUT2D eigenvalue weighted by atomic mass is 35.5. The van der Waals surface area contributed by atoms with Gasteiger partial charge in [-0.05, 0) is 47.7 Å². The first kappa shape index (κ1) is 22.1. The lowest BCUT2D eigenvalue weighted by Gasteiger charge is -2.40. The number of aromatic nitrogens is 1. The molecule has 6 heteroatoms. The highest BCUT2D eigenvalue weighted by Crippen LogP contribution is 2.47. The summed E-state index contributed by atoms with van der Waals surface area (Å²) in [5, 5.41) is 6.82. The number of nitrogens with zero attached hydrogens (tertiary/aromatic N) is 1. The Morgan fingerprint density at radius 1 is 0.971 bits per heavy atom. The van der Waals surface area contributed by atoms with Gasteiger partial charge in [-0.3, -0.25) is 9.59 Å². The van der Waals surface area contributed by atoms with Crippen LogP contribution >= 0.6 is 11.6 Å². The molecule has 0 bridgehead atoms. The summed E-state index contributed by atoms with van der Waals surface area (Å²) in [6, 6.07) is 22.7. The first-order valence-corrected chi connectivity index (χ1v) is 11.6. The third kappa shape index (κ3) is 4.27. The van der Waals surface area contributed by atoms with Crippen LogP contribution in [0.4, 0.5) is 5.82 Å². The summed E-state index contributed by atoms with van der Waals surface area (Å²) in [6.45, 7) is 4.20. The number of carbonyl (C=O) groups is 2. The van der Waals surface area contributed by atoms with Gasteiger partial charge in [-0.15, -0.1) is 0 Å². The van der Waals surface area contributed by atoms with E-state index in [2.05, 4.69) is 34.3 Å². The number of hydrogen-bond acceptors (Lipinski definition) is 4. The quantitative estimate of drug-likeness (QED) is 0.522. The van der Waals surface area contributed by atoms with Gasteiger partial charge in [0.2, 0.25) is 5.91 Å². The van der Waals surface area contributed by atoms with Crippen LogP contribution in [0.2, 0.25) is 5.02 Å². The van der Waals surface area contributed by atoms with Gasteiger partial charge in [-0.1, -0.05) is 66.7 Å². The standard InChI is InChI=1S/C28H24ClN3O2/c1-17-25(28(34)32-24-9-5-6-14-30-24)26(19-10-12-21(29)13-11-19)27-22(31-17)15-20(16-23(27)33)18-7-3-2-4-8-18/h2-14,20,25-26,31H,1,15-16H2,(H,30,32,34). The molecule has 5 rings (SSSR count). The summed E-state index contributed by atoms with van der Waals surface area (Å²) < 4.78 is 0. The molecule has 0 spiro atoms. The Morgan fingerprint density at radius 3 is 2.41 bits per heavy atom. The van der Waals surface area contributed by atoms with Crippen molar-refractivity contribution in [3.8, 4) is 0 Å². The number of ketones is 1. The predicted octanol–water partition coefficient (Wildman–Crippen LogP) is 5.59. The van der Waals surface area contributed by atoms with Crippen molar-refractivity contribution in [1.29, 1.82) is 0 Å². The number of amides is 1. The number of rotatable bonds is 4. The van der Waals surface area contributed by atoms with E-state index in [1.807, 2.05) is 36.4 Å². The van der Waals surface area contributed by atoms with Gasteiger partial charge in [0.05, 0.1) is 5.92 Å². The molecular formula is C28H24ClN3O2. The Bertz CT molecular complexity index is 1270. The second-order valence-corrected chi connectivity index (χ2v) is 9.13. The van der Waals surface area contributed by atoms with E-state index in [1.165, 1.54) is 0 Å². The molecular weight excluding hydrogens is 446 g/mol. The Morgan fingerprint density at radius 2 is 1.71 bits per heavy atom. The summed E-state index contributed by atoms with van der Waals surface area (Å²) in [6.07, 6.45) is 2.70. The van der Waals surface area contributed by atoms with Crippen molar-refractivity contribution in [2.45, 2.75) is 24.7 Å². The number of hydrogen-bond donors (Lipinski definition) is 2. The maximum absolute atomic E-state index is 13.6. The summed E-state index contributed by atoms with van der Waals surface area (Å²) in [4.78, 5) is 31.3. The van der Waals surface area contributed by atoms with Crippen molar-refractivity contribution in [3.05, 3.63) is 119 Å². The highest BCUT2D eigenvalue weighted by Gasteiger charge is 2.44. The van der Waals surface area contributed by atoms with Crippen molar-refractivity contribution >= 4 is 29.1 Å². The number of nitrogens with one attached hydrogen (secondary N) is 2. The zero-order chi connectivity index (χ0) is 23.7. The fourth-order valence-electron chi connectivity index (χ4n) is 4.99. The van der Waals surface area contributed by atoms with E-state index in [-0.39, 0.29) is 17.6 Å². The van der Waals surface area contributed by atoms with Crippen LogP contribution in [0.15, 0.2) is 103 Å². The fourth-order valence-corrected chi connectivity index (χ4v) is 5.12. The second kappa shape index (κ2) is 9.27. The van der Waals surface area contributed by atoms with E-state index in [0.29, 0.717) is 35.0 Å². The van der Waals surface area contributed by atoms with Crippen LogP contribution in [0, 0.1) is 5.92 Å². The average Bonchev–Trinajstić information content (AvgIpc) is 2.84. The SMILES string of the molecule is C=C1NC2=C(C(=O)CC(c3ccccc3)C2)C(c2ccc(Cl)cc2)C1C(=O)Nc1ccccn1. The Hall–Kier alpha value is -3.70. The number of carbonyl (C=O) groups excluding carboxylic acids is 2. The van der Waals surface area contributed by atoms with Gasteiger partial charge in [-0.25, -0.2) is 4.98 Å². The Labute approximate surface area is 203 Å². The minimum absolute atomic E-state index is 0.0469. The summed E-state index contributed by atoms with van der Waals surface area (Å²) in [5.41, 5.74) is 4.05. The first-order valence-electron chi connectivity index (χ1n) is 11.3. The molecule has 2 aliphatic rings. The van der Waals surface area contributed by atoms with Crippen LogP contribution in [-0.4, -0.2) is 16.7 Å². The van der Waals surface area contributed by atoms with Crippen molar-refractivity contribution in [2.24, 2.45) is 5.92 Å². The largest absolute Gasteiger partial charge is 0.362 e. The van der Waals surface area contributed by atoms with E-state index >= 15 is 0 Å². The second-order valence-electron chi connectivity index (χ2n) is 8.69. The van der Waals surface area contributed by atoms with Gasteiger partial charge >= 0.3 is 0 Å². The van der Waals surface area contributed by atoms with Gasteiger partial charge in [-0.2, -0.15) is 0 Å². The molecule has 170 valence electrons. The number of benzene rings is 2. The molecule has 1 aromatic heterocycles. The van der Waals surface area contributed by atoms with Gasteiger partial charge in [0.25, 0.3) is 0 Å². The van der Waals surface area contributed by atoms with Crippen LogP contribution in [0.5, 0.6) is 0 Å². The van der Waals surface area contributed by atoms with E-state index < -0.39 is 11.8 Å². The number of Topliss-reactive ketones (excluding diaryl/α,β-unsaturated/α-hetero) is 1. The minimum atomic E-state index is -0.681. The van der Waals surface area contributed by atoms with Crippen molar-refractivity contribution in [1.82, 2.24) is 10.3 Å². The molecule has 3 aromatic rings. The number of pyridine rings is 1. The first-order chi connectivity index (χ1) is 16.5. The van der Waals surface area contributed by atoms with Crippen LogP contribution < -0.4 is 10.6 Å². The fraction of sp³-hybridized carbons (Fsp3) is 0.179. The normalized spacial score (nSPS) is 22.1. The van der Waals surface area contributed by atoms with Crippen LogP contribution in [-0.2, 0) is 9.59 Å². The summed E-state index contributed by atoms with van der Waals surface area (Å²) in [7, 11) is 0. The molecule has 3 atom stereocenters. The third-order valence-electron chi connectivity index (χ3n) is 6.54. The van der Waals surface area contributed by atoms with Crippen molar-refractivity contribution in [2.75, 3.05) is 5.32 Å². The lowest BCUT2D eigenvalue weighted by Crippen LogP contribution is -2.43. The molecule has 0 fully saturated rings. The maximum Gasteiger partial charge on any atom is 0.235 e. The highest BCUT2D eigenvalue weighted by molar-refractivity contribution is 6.30. The third-order valence-corrected chi connectivity index (χ3v) is 6.79. The molecule has 2 aromatic carbocycles. The van der Waals surface area contributed by atoms with Gasteiger partial charge in [0, 0.05) is 40.5 Å². The van der Waals surface area contributed by atoms with E-state index in [9.17, 15) is 9.59 Å². The molecule has 2 heterocycles. The minimum Gasteiger partial charge on any atom is -0.362 e. The monoisotopic (exact) mass is 469 g/mol. The van der Waals surface area contributed by atoms with Crippen LogP contribution in [0.1, 0.15) is 35.8 Å². The average molecular weight is 470 g/mol. The van der Waals surface area contributed by atoms with E-state index in [4.69, 9.17) is 11.6 Å². The molecule has 1 aliphatic carbocycles. The van der Waals surface area contributed by atoms with Gasteiger partial charge in [0.1, 0.15) is 5.82 Å². The molecule has 34 heavy (non-hydrogen) atoms. The summed E-state index contributed by atoms with van der Waals surface area (Å²) >= 11 is 6.14. The number of allylic oxidation sites excluding steroid dienone is 2. The lowest BCUT2D eigenvalue weighted by atomic mass is 9.68. The molecule has 0 saturated heterocycles. The molecule has 1 amide bonds. The Kier molecular flexibility index (Phi) is 6.03. The van der Waals surface area contributed by atoms with Gasteiger partial charge < -0.3 is 10.6 Å². The molecule has 5 nitrogen and oxygen atoms in total. The zero-order valence-electron chi connectivity index (χ0n) is 18.5. The lowest BCUT2D eigenvalue weighted by molar-refractivity contribution is -0.120. The van der Waals surface area contributed by atoms with E-state index in [0.717, 1.165) is 16.8 Å². The van der Waals surface area contributed by atoms with E-state index in [1.54, 1.807) is 30.5 Å². The molecule has 0 radical (unpaired) electrons. The van der Waals surface area contributed by atoms with Crippen molar-refractivity contribution in [3.63, 3.8) is 0 Å². The Balaban J connectivity index is 1.56. The number of anilines is 1. The van der Waals surface area contributed by atoms with Gasteiger partial charge in [0.15, 0.2) is 5.78 Å². The predicted molar refractivity (Wildman–Crippen MR) is 133 cm³/mol. The topological polar surface area (TPSA) is 71.1 Å². The zero-order valence-corrected chi connectivity index (χ0v) is 19.3. The number of halogens is 1. The van der Waals surface area contributed by atoms with Crippen LogP contribution in [0.25, 0.3) is 0 Å². The molecule has 0 saturated carbocycles. The van der Waals surface area contributed by atoms with Crippen LogP contribution in [0.3, 0.4) is 0 Å². The molecule has 3 unspecified atom stereocenters.